The van der Waals surface area contributed by atoms with E-state index in [1.807, 2.05) is 7.05 Å². The lowest BCUT2D eigenvalue weighted by atomic mass is 10.1. The van der Waals surface area contributed by atoms with Gasteiger partial charge in [0.25, 0.3) is 0 Å². The summed E-state index contributed by atoms with van der Waals surface area (Å²) < 4.78 is 5.43. The van der Waals surface area contributed by atoms with Crippen molar-refractivity contribution in [3.63, 3.8) is 0 Å². The molecule has 1 aliphatic heterocycles. The van der Waals surface area contributed by atoms with Crippen LogP contribution in [0.25, 0.3) is 0 Å². The summed E-state index contributed by atoms with van der Waals surface area (Å²) in [5.41, 5.74) is 1.61. The van der Waals surface area contributed by atoms with E-state index in [0.29, 0.717) is 5.92 Å². The van der Waals surface area contributed by atoms with Gasteiger partial charge in [-0.25, -0.2) is 0 Å². The Labute approximate surface area is 140 Å². The minimum Gasteiger partial charge on any atom is -0.381 e. The second-order valence-corrected chi connectivity index (χ2v) is 5.59. The van der Waals surface area contributed by atoms with Crippen molar-refractivity contribution in [3.05, 3.63) is 11.6 Å². The number of hydrogen-bond acceptors (Lipinski definition) is 2. The molecular formula is C15H28IN3O. The third kappa shape index (κ3) is 5.60. The molecular weight excluding hydrogens is 365 g/mol. The molecule has 0 spiro atoms. The highest BCUT2D eigenvalue weighted by Gasteiger charge is 2.18. The van der Waals surface area contributed by atoms with Crippen LogP contribution in [-0.2, 0) is 4.74 Å². The highest BCUT2D eigenvalue weighted by Crippen LogP contribution is 2.19. The zero-order chi connectivity index (χ0) is 13.5. The molecule has 116 valence electrons. The fraction of sp³-hybridized carbons (Fsp3) is 0.800. The maximum atomic E-state index is 5.43. The molecule has 0 radical (unpaired) electrons. The van der Waals surface area contributed by atoms with Gasteiger partial charge in [-0.15, -0.1) is 24.0 Å². The Morgan fingerprint density at radius 2 is 2.40 bits per heavy atom. The normalized spacial score (nSPS) is 22.4. The van der Waals surface area contributed by atoms with Crippen molar-refractivity contribution in [2.75, 3.05) is 40.4 Å². The number of rotatable bonds is 5. The average molecular weight is 393 g/mol. The Bertz CT molecular complexity index is 338. The van der Waals surface area contributed by atoms with Crippen LogP contribution in [0.2, 0.25) is 0 Å². The van der Waals surface area contributed by atoms with Crippen molar-refractivity contribution >= 4 is 29.9 Å². The van der Waals surface area contributed by atoms with Crippen molar-refractivity contribution in [1.29, 1.82) is 0 Å². The van der Waals surface area contributed by atoms with Crippen LogP contribution in [0, 0.1) is 5.92 Å². The first kappa shape index (κ1) is 17.8. The molecule has 1 unspecified atom stereocenters. The molecule has 1 N–H and O–H groups in total. The molecule has 20 heavy (non-hydrogen) atoms. The number of nitrogens with one attached hydrogen (secondary N) is 1. The molecule has 2 aliphatic rings. The molecule has 1 aliphatic carbocycles. The molecule has 1 fully saturated rings. The van der Waals surface area contributed by atoms with E-state index in [0.717, 1.165) is 38.7 Å². The summed E-state index contributed by atoms with van der Waals surface area (Å²) in [5, 5.41) is 3.46. The number of aliphatic imine (C=N–C) groups is 1. The molecule has 0 aromatic rings. The lowest BCUT2D eigenvalue weighted by Gasteiger charge is -2.24. The first-order valence-corrected chi connectivity index (χ1v) is 7.47. The average Bonchev–Trinajstić information content (AvgIpc) is 3.07. The largest absolute Gasteiger partial charge is 0.381 e. The minimum atomic E-state index is 0. The summed E-state index contributed by atoms with van der Waals surface area (Å²) in [6, 6.07) is 0. The maximum Gasteiger partial charge on any atom is 0.193 e. The highest BCUT2D eigenvalue weighted by molar-refractivity contribution is 14.0. The van der Waals surface area contributed by atoms with Gasteiger partial charge >= 0.3 is 0 Å². The number of hydrogen-bond donors (Lipinski definition) is 1. The van der Waals surface area contributed by atoms with Crippen LogP contribution in [0.5, 0.6) is 0 Å². The number of halogens is 1. The van der Waals surface area contributed by atoms with Crippen LogP contribution < -0.4 is 5.32 Å². The van der Waals surface area contributed by atoms with Crippen molar-refractivity contribution in [2.24, 2.45) is 10.9 Å². The van der Waals surface area contributed by atoms with Crippen molar-refractivity contribution < 1.29 is 4.74 Å². The van der Waals surface area contributed by atoms with E-state index in [9.17, 15) is 0 Å². The Balaban J connectivity index is 0.00000200. The molecule has 0 amide bonds. The number of ether oxygens (including phenoxy) is 1. The van der Waals surface area contributed by atoms with Crippen LogP contribution in [0.3, 0.4) is 0 Å². The summed E-state index contributed by atoms with van der Waals surface area (Å²) >= 11 is 0. The van der Waals surface area contributed by atoms with Crippen LogP contribution in [0.15, 0.2) is 16.6 Å². The van der Waals surface area contributed by atoms with Gasteiger partial charge < -0.3 is 15.0 Å². The summed E-state index contributed by atoms with van der Waals surface area (Å²) in [5.74, 6) is 1.66. The SMILES string of the molecule is CN=C(NCCC1=CCCC1)N(C)CC1CCOC1.I. The van der Waals surface area contributed by atoms with Crippen molar-refractivity contribution in [2.45, 2.75) is 32.1 Å². The molecule has 1 saturated heterocycles. The topological polar surface area (TPSA) is 36.9 Å². The molecule has 1 atom stereocenters. The lowest BCUT2D eigenvalue weighted by Crippen LogP contribution is -2.41. The Hall–Kier alpha value is -0.300. The maximum absolute atomic E-state index is 5.43. The van der Waals surface area contributed by atoms with Gasteiger partial charge in [0, 0.05) is 39.7 Å². The number of allylic oxidation sites excluding steroid dienone is 1. The van der Waals surface area contributed by atoms with Gasteiger partial charge in [0.1, 0.15) is 0 Å². The predicted octanol–water partition coefficient (Wildman–Crippen LogP) is 2.65. The zero-order valence-electron chi connectivity index (χ0n) is 12.7. The number of nitrogens with zero attached hydrogens (tertiary/aromatic N) is 2. The van der Waals surface area contributed by atoms with E-state index >= 15 is 0 Å². The van der Waals surface area contributed by atoms with Crippen LogP contribution in [0.4, 0.5) is 0 Å². The minimum absolute atomic E-state index is 0. The quantitative estimate of drug-likeness (QED) is 0.338. The van der Waals surface area contributed by atoms with Gasteiger partial charge in [-0.3, -0.25) is 4.99 Å². The lowest BCUT2D eigenvalue weighted by molar-refractivity contribution is 0.181. The molecule has 0 bridgehead atoms. The molecule has 0 saturated carbocycles. The Morgan fingerprint density at radius 3 is 3.00 bits per heavy atom. The zero-order valence-corrected chi connectivity index (χ0v) is 15.1. The smallest absolute Gasteiger partial charge is 0.193 e. The predicted molar refractivity (Wildman–Crippen MR) is 94.9 cm³/mol. The molecule has 2 rings (SSSR count). The van der Waals surface area contributed by atoms with Crippen LogP contribution >= 0.6 is 24.0 Å². The highest BCUT2D eigenvalue weighted by atomic mass is 127. The van der Waals surface area contributed by atoms with Crippen LogP contribution in [-0.4, -0.2) is 51.3 Å². The standard InChI is InChI=1S/C15H27N3O.HI/c1-16-15(17-9-7-13-5-3-4-6-13)18(2)11-14-8-10-19-12-14;/h5,14H,3-4,6-12H2,1-2H3,(H,16,17);1H. The first-order valence-electron chi connectivity index (χ1n) is 7.47. The summed E-state index contributed by atoms with van der Waals surface area (Å²) in [4.78, 5) is 6.59. The molecule has 0 aromatic carbocycles. The van der Waals surface area contributed by atoms with Gasteiger partial charge in [-0.2, -0.15) is 0 Å². The van der Waals surface area contributed by atoms with Gasteiger partial charge in [0.2, 0.25) is 0 Å². The third-order valence-electron chi connectivity index (χ3n) is 3.99. The third-order valence-corrected chi connectivity index (χ3v) is 3.99. The fourth-order valence-electron chi connectivity index (χ4n) is 2.89. The second kappa shape index (κ2) is 9.60. The van der Waals surface area contributed by atoms with Gasteiger partial charge in [-0.05, 0) is 32.1 Å². The van der Waals surface area contributed by atoms with Crippen molar-refractivity contribution in [3.8, 4) is 0 Å². The summed E-state index contributed by atoms with van der Waals surface area (Å²) in [7, 11) is 3.97. The van der Waals surface area contributed by atoms with E-state index in [2.05, 4.69) is 28.3 Å². The van der Waals surface area contributed by atoms with E-state index in [-0.39, 0.29) is 24.0 Å². The number of guanidine groups is 1. The van der Waals surface area contributed by atoms with Crippen LogP contribution in [0.1, 0.15) is 32.1 Å². The molecule has 5 heteroatoms. The molecule has 4 nitrogen and oxygen atoms in total. The first-order chi connectivity index (χ1) is 9.29. The van der Waals surface area contributed by atoms with Gasteiger partial charge in [0.05, 0.1) is 6.61 Å². The summed E-state index contributed by atoms with van der Waals surface area (Å²) in [6.45, 7) is 3.83. The second-order valence-electron chi connectivity index (χ2n) is 5.59. The fourth-order valence-corrected chi connectivity index (χ4v) is 2.89. The van der Waals surface area contributed by atoms with E-state index in [4.69, 9.17) is 4.74 Å². The van der Waals surface area contributed by atoms with E-state index in [1.54, 1.807) is 5.57 Å². The van der Waals surface area contributed by atoms with Crippen molar-refractivity contribution in [1.82, 2.24) is 10.2 Å². The monoisotopic (exact) mass is 393 g/mol. The van der Waals surface area contributed by atoms with Gasteiger partial charge in [0.15, 0.2) is 5.96 Å². The Morgan fingerprint density at radius 1 is 1.55 bits per heavy atom. The molecule has 1 heterocycles. The Kier molecular flexibility index (Phi) is 8.52. The van der Waals surface area contributed by atoms with E-state index < -0.39 is 0 Å². The summed E-state index contributed by atoms with van der Waals surface area (Å²) in [6.07, 6.45) is 8.62. The van der Waals surface area contributed by atoms with Gasteiger partial charge in [-0.1, -0.05) is 11.6 Å². The van der Waals surface area contributed by atoms with E-state index in [1.165, 1.54) is 25.7 Å². The molecule has 0 aromatic heterocycles.